The van der Waals surface area contributed by atoms with Gasteiger partial charge >= 0.3 is 0 Å². The minimum atomic E-state index is -1.33. The molecule has 3 nitrogen and oxygen atoms in total. The second-order valence-corrected chi connectivity index (χ2v) is 4.52. The van der Waals surface area contributed by atoms with Crippen LogP contribution in [0.2, 0.25) is 0 Å². The second-order valence-electron chi connectivity index (χ2n) is 3.28. The molecule has 0 bridgehead atoms. The summed E-state index contributed by atoms with van der Waals surface area (Å²) < 4.78 is 11.3. The normalized spacial score (nSPS) is 12.4. The predicted octanol–water partition coefficient (Wildman–Crippen LogP) is 1.84. The fourth-order valence-electron chi connectivity index (χ4n) is 1.47. The summed E-state index contributed by atoms with van der Waals surface area (Å²) in [5, 5.41) is 0. The summed E-state index contributed by atoms with van der Waals surface area (Å²) in [7, 11) is 0. The average molecular weight is 232 g/mol. The Labute approximate surface area is 97.6 Å². The molecule has 0 saturated heterocycles. The van der Waals surface area contributed by atoms with Gasteiger partial charge in [0, 0.05) is 0 Å². The lowest BCUT2D eigenvalue weighted by Gasteiger charge is -2.07. The zero-order valence-electron chi connectivity index (χ0n) is 8.59. The van der Waals surface area contributed by atoms with Gasteiger partial charge in [0.25, 0.3) is 0 Å². The highest BCUT2D eigenvalue weighted by molar-refractivity contribution is 7.89. The Bertz CT molecular complexity index is 444. The molecule has 16 heavy (non-hydrogen) atoms. The van der Waals surface area contributed by atoms with Gasteiger partial charge in [0.2, 0.25) is 0 Å². The van der Waals surface area contributed by atoms with Crippen LogP contribution in [0.3, 0.4) is 0 Å². The molecule has 0 amide bonds. The number of benzene rings is 2. The van der Waals surface area contributed by atoms with Crippen molar-refractivity contribution in [2.75, 3.05) is 0 Å². The molecule has 1 unspecified atom stereocenters. The fraction of sp³-hybridized carbons (Fsp3) is 0. The summed E-state index contributed by atoms with van der Waals surface area (Å²) in [5.41, 5.74) is 2.24. The van der Waals surface area contributed by atoms with Crippen LogP contribution >= 0.6 is 0 Å². The van der Waals surface area contributed by atoms with Gasteiger partial charge in [0.1, 0.15) is 0 Å². The van der Waals surface area contributed by atoms with Gasteiger partial charge in [-0.1, -0.05) is 35.2 Å². The maximum absolute atomic E-state index is 11.3. The largest absolute Gasteiger partial charge is 0.592 e. The standard InChI is InChI=1S/C12H12N2OS/c13-14-16(15)12-8-6-11(7-9-12)10-4-2-1-3-5-10/h1-9,14H,13H2. The summed E-state index contributed by atoms with van der Waals surface area (Å²) >= 11 is -1.33. The number of hydrazine groups is 1. The highest BCUT2D eigenvalue weighted by Gasteiger charge is 2.08. The number of nitrogens with one attached hydrogen (secondary N) is 1. The van der Waals surface area contributed by atoms with Crippen molar-refractivity contribution < 1.29 is 4.55 Å². The molecule has 0 heterocycles. The van der Waals surface area contributed by atoms with Crippen molar-refractivity contribution in [3.8, 4) is 11.1 Å². The van der Waals surface area contributed by atoms with Gasteiger partial charge in [-0.2, -0.15) is 0 Å². The lowest BCUT2D eigenvalue weighted by Crippen LogP contribution is -2.30. The Morgan fingerprint density at radius 3 is 2.00 bits per heavy atom. The molecule has 2 aromatic carbocycles. The quantitative estimate of drug-likeness (QED) is 0.482. The molecule has 2 rings (SSSR count). The minimum Gasteiger partial charge on any atom is -0.592 e. The van der Waals surface area contributed by atoms with Gasteiger partial charge in [-0.15, -0.1) is 0 Å². The van der Waals surface area contributed by atoms with E-state index in [1.807, 2.05) is 42.5 Å². The molecule has 0 spiro atoms. The number of hydrogen-bond donors (Lipinski definition) is 2. The summed E-state index contributed by atoms with van der Waals surface area (Å²) in [5.74, 6) is 5.10. The number of hydrogen-bond acceptors (Lipinski definition) is 3. The molecule has 0 fully saturated rings. The zero-order valence-corrected chi connectivity index (χ0v) is 9.41. The van der Waals surface area contributed by atoms with E-state index in [9.17, 15) is 4.55 Å². The van der Waals surface area contributed by atoms with Crippen LogP contribution in [0, 0.1) is 0 Å². The van der Waals surface area contributed by atoms with Crippen LogP contribution < -0.4 is 10.7 Å². The smallest absolute Gasteiger partial charge is 0.175 e. The van der Waals surface area contributed by atoms with Crippen LogP contribution in [0.15, 0.2) is 59.5 Å². The molecule has 0 aliphatic heterocycles. The molecule has 0 aromatic heterocycles. The zero-order chi connectivity index (χ0) is 11.4. The molecule has 4 heteroatoms. The monoisotopic (exact) mass is 232 g/mol. The molecule has 2 aromatic rings. The first kappa shape index (κ1) is 11.2. The van der Waals surface area contributed by atoms with Crippen LogP contribution in [-0.4, -0.2) is 4.55 Å². The Balaban J connectivity index is 2.26. The van der Waals surface area contributed by atoms with E-state index in [0.29, 0.717) is 4.90 Å². The van der Waals surface area contributed by atoms with Gasteiger partial charge in [0.05, 0.1) is 11.4 Å². The van der Waals surface area contributed by atoms with E-state index < -0.39 is 11.4 Å². The average Bonchev–Trinajstić information content (AvgIpc) is 2.39. The third kappa shape index (κ3) is 2.43. The molecule has 1 atom stereocenters. The van der Waals surface area contributed by atoms with E-state index in [0.717, 1.165) is 11.1 Å². The Kier molecular flexibility index (Phi) is 3.58. The summed E-state index contributed by atoms with van der Waals surface area (Å²) in [6.07, 6.45) is 0. The lowest BCUT2D eigenvalue weighted by molar-refractivity contribution is 0.583. The van der Waals surface area contributed by atoms with Crippen LogP contribution in [0.4, 0.5) is 0 Å². The van der Waals surface area contributed by atoms with Gasteiger partial charge in [-0.3, -0.25) is 0 Å². The highest BCUT2D eigenvalue weighted by Crippen LogP contribution is 2.20. The van der Waals surface area contributed by atoms with Crippen molar-refractivity contribution in [1.82, 2.24) is 4.83 Å². The van der Waals surface area contributed by atoms with Crippen LogP contribution in [0.25, 0.3) is 11.1 Å². The first-order valence-corrected chi connectivity index (χ1v) is 6.00. The maximum Gasteiger partial charge on any atom is 0.175 e. The Morgan fingerprint density at radius 2 is 1.44 bits per heavy atom. The van der Waals surface area contributed by atoms with Gasteiger partial charge in [0.15, 0.2) is 4.90 Å². The van der Waals surface area contributed by atoms with Crippen molar-refractivity contribution in [2.24, 2.45) is 5.84 Å². The minimum absolute atomic E-state index is 0.669. The molecular formula is C12H12N2OS. The molecule has 0 saturated carbocycles. The molecule has 3 N–H and O–H groups in total. The highest BCUT2D eigenvalue weighted by atomic mass is 32.2. The van der Waals surface area contributed by atoms with Gasteiger partial charge in [-0.05, 0) is 35.4 Å². The Hall–Kier alpha value is -1.33. The topological polar surface area (TPSA) is 61.1 Å². The molecule has 0 aliphatic carbocycles. The van der Waals surface area contributed by atoms with E-state index in [4.69, 9.17) is 5.84 Å². The van der Waals surface area contributed by atoms with E-state index >= 15 is 0 Å². The van der Waals surface area contributed by atoms with Crippen LogP contribution in [0.1, 0.15) is 0 Å². The van der Waals surface area contributed by atoms with Crippen molar-refractivity contribution in [2.45, 2.75) is 4.90 Å². The van der Waals surface area contributed by atoms with Crippen molar-refractivity contribution in [3.05, 3.63) is 54.6 Å². The molecule has 0 radical (unpaired) electrons. The van der Waals surface area contributed by atoms with Crippen LogP contribution in [0.5, 0.6) is 0 Å². The number of rotatable bonds is 3. The number of nitrogens with two attached hydrogens (primary N) is 1. The fourth-order valence-corrected chi connectivity index (χ4v) is 1.99. The first-order valence-electron chi connectivity index (χ1n) is 4.85. The SMILES string of the molecule is NN[S+]([O-])c1ccc(-c2ccccc2)cc1. The van der Waals surface area contributed by atoms with Crippen molar-refractivity contribution in [3.63, 3.8) is 0 Å². The van der Waals surface area contributed by atoms with Gasteiger partial charge in [-0.25, -0.2) is 5.84 Å². The second kappa shape index (κ2) is 5.14. The Morgan fingerprint density at radius 1 is 0.875 bits per heavy atom. The third-order valence-corrected chi connectivity index (χ3v) is 3.20. The molecular weight excluding hydrogens is 220 g/mol. The third-order valence-electron chi connectivity index (χ3n) is 2.28. The summed E-state index contributed by atoms with van der Waals surface area (Å²) in [4.78, 5) is 2.88. The van der Waals surface area contributed by atoms with Crippen molar-refractivity contribution >= 4 is 11.4 Å². The van der Waals surface area contributed by atoms with Gasteiger partial charge < -0.3 is 4.55 Å². The maximum atomic E-state index is 11.3. The molecule has 0 aliphatic rings. The van der Waals surface area contributed by atoms with E-state index in [-0.39, 0.29) is 0 Å². The predicted molar refractivity (Wildman–Crippen MR) is 65.6 cm³/mol. The first-order chi connectivity index (χ1) is 7.81. The van der Waals surface area contributed by atoms with E-state index in [1.165, 1.54) is 0 Å². The summed E-state index contributed by atoms with van der Waals surface area (Å²) in [6.45, 7) is 0. The van der Waals surface area contributed by atoms with Crippen molar-refractivity contribution in [1.29, 1.82) is 0 Å². The van der Waals surface area contributed by atoms with E-state index in [2.05, 4.69) is 4.83 Å². The van der Waals surface area contributed by atoms with Crippen LogP contribution in [-0.2, 0) is 11.4 Å². The lowest BCUT2D eigenvalue weighted by atomic mass is 10.1. The van der Waals surface area contributed by atoms with E-state index in [1.54, 1.807) is 12.1 Å². The summed E-state index contributed by atoms with van der Waals surface area (Å²) in [6, 6.07) is 17.5. The molecule has 82 valence electrons.